The molecule has 54 heavy (non-hydrogen) atoms. The number of allylic oxidation sites excluding steroid dienone is 1. The first-order chi connectivity index (χ1) is 25.3. The van der Waals surface area contributed by atoms with E-state index in [1.165, 1.54) is 12.1 Å². The SMILES string of the molecule is C[C@@H](CC(O)N[C@H]1CCCCN(O)C1=O)OC(=O)[C@H](CCCCN(O)C(O)/C=C\CCCCCCC(=O)O)NC(=O)[C@@H]1COC(c2ccccc2O)=N1.[Fe]. The van der Waals surface area contributed by atoms with Crippen molar-refractivity contribution in [1.29, 1.82) is 0 Å². The van der Waals surface area contributed by atoms with Crippen molar-refractivity contribution in [1.82, 2.24) is 20.8 Å². The molecular weight excluding hydrogens is 750 g/mol. The topological polar surface area (TPSA) is 251 Å². The van der Waals surface area contributed by atoms with Crippen LogP contribution in [-0.4, -0.2) is 127 Å². The van der Waals surface area contributed by atoms with Crippen molar-refractivity contribution < 1.29 is 76.6 Å². The number of hydrogen-bond acceptors (Lipinski definition) is 14. The molecule has 1 aromatic carbocycles. The monoisotopic (exact) mass is 805 g/mol. The number of benzene rings is 1. The number of rotatable bonds is 23. The number of esters is 1. The number of aliphatic hydroxyl groups is 2. The molecule has 2 unspecified atom stereocenters. The summed E-state index contributed by atoms with van der Waals surface area (Å²) in [5, 5.41) is 66.7. The number of aliphatic hydroxyl groups excluding tert-OH is 2. The fraction of sp³-hybridized carbons (Fsp3) is 0.639. The van der Waals surface area contributed by atoms with E-state index in [0.717, 1.165) is 24.3 Å². The van der Waals surface area contributed by atoms with Crippen LogP contribution in [0.5, 0.6) is 5.75 Å². The average molecular weight is 806 g/mol. The summed E-state index contributed by atoms with van der Waals surface area (Å²) in [6.45, 7) is 1.70. The molecule has 304 valence electrons. The molecule has 0 spiro atoms. The number of carboxylic acids is 1. The molecule has 2 heterocycles. The molecule has 0 saturated carbocycles. The number of aromatic hydroxyl groups is 1. The van der Waals surface area contributed by atoms with Crippen LogP contribution in [0.3, 0.4) is 0 Å². The summed E-state index contributed by atoms with van der Waals surface area (Å²) in [7, 11) is 0. The van der Waals surface area contributed by atoms with Crippen LogP contribution < -0.4 is 10.6 Å². The second kappa shape index (κ2) is 24.7. The molecule has 0 aliphatic carbocycles. The molecule has 1 fully saturated rings. The molecule has 0 radical (unpaired) electrons. The van der Waals surface area contributed by atoms with E-state index >= 15 is 0 Å². The molecule has 17 nitrogen and oxygen atoms in total. The van der Waals surface area contributed by atoms with E-state index in [1.54, 1.807) is 31.2 Å². The molecule has 18 heteroatoms. The van der Waals surface area contributed by atoms with E-state index in [4.69, 9.17) is 14.6 Å². The Morgan fingerprint density at radius 3 is 2.59 bits per heavy atom. The van der Waals surface area contributed by atoms with E-state index in [9.17, 15) is 44.9 Å². The van der Waals surface area contributed by atoms with Crippen molar-refractivity contribution in [3.05, 3.63) is 42.0 Å². The molecule has 8 N–H and O–H groups in total. The number of phenols is 1. The van der Waals surface area contributed by atoms with Gasteiger partial charge in [-0.05, 0) is 82.9 Å². The fourth-order valence-electron chi connectivity index (χ4n) is 5.91. The van der Waals surface area contributed by atoms with Crippen molar-refractivity contribution in [3.8, 4) is 5.75 Å². The Kier molecular flexibility index (Phi) is 21.3. The molecule has 2 aliphatic heterocycles. The minimum Gasteiger partial charge on any atom is -0.507 e. The molecular formula is C36H55FeN5O12. The summed E-state index contributed by atoms with van der Waals surface area (Å²) in [5.41, 5.74) is 0.315. The quantitative estimate of drug-likeness (QED) is 0.0150. The first kappa shape index (κ1) is 46.5. The van der Waals surface area contributed by atoms with Gasteiger partial charge in [0.1, 0.15) is 37.0 Å². The van der Waals surface area contributed by atoms with Crippen molar-refractivity contribution >= 4 is 29.7 Å². The smallest absolute Gasteiger partial charge is 0.328 e. The summed E-state index contributed by atoms with van der Waals surface area (Å²) in [4.78, 5) is 53.9. The molecule has 0 aromatic heterocycles. The second-order valence-corrected chi connectivity index (χ2v) is 13.4. The maximum Gasteiger partial charge on any atom is 0.328 e. The summed E-state index contributed by atoms with van der Waals surface area (Å²) in [6, 6.07) is 3.42. The number of phenolic OH excluding ortho intramolecular Hbond substituents is 1. The number of carbonyl (C=O) groups excluding carboxylic acids is 3. The van der Waals surface area contributed by atoms with Crippen molar-refractivity contribution in [2.45, 2.75) is 127 Å². The largest absolute Gasteiger partial charge is 0.507 e. The van der Waals surface area contributed by atoms with E-state index in [-0.39, 0.29) is 67.7 Å². The molecule has 3 rings (SSSR count). The third-order valence-electron chi connectivity index (χ3n) is 8.88. The Morgan fingerprint density at radius 2 is 1.85 bits per heavy atom. The molecule has 2 amide bonds. The van der Waals surface area contributed by atoms with E-state index in [2.05, 4.69) is 15.6 Å². The zero-order valence-electron chi connectivity index (χ0n) is 30.6. The Balaban J connectivity index is 0.0000101. The zero-order valence-corrected chi connectivity index (χ0v) is 31.7. The van der Waals surface area contributed by atoms with Gasteiger partial charge in [-0.3, -0.25) is 24.9 Å². The number of nitrogens with one attached hydrogen (secondary N) is 2. The van der Waals surface area contributed by atoms with Gasteiger partial charge in [0.05, 0.1) is 11.6 Å². The Labute approximate surface area is 325 Å². The van der Waals surface area contributed by atoms with Gasteiger partial charge in [-0.15, -0.1) is 0 Å². The van der Waals surface area contributed by atoms with E-state index in [0.29, 0.717) is 55.6 Å². The Bertz CT molecular complexity index is 1400. The van der Waals surface area contributed by atoms with Crippen molar-refractivity contribution in [3.63, 3.8) is 0 Å². The average Bonchev–Trinajstić information content (AvgIpc) is 3.55. The predicted octanol–water partition coefficient (Wildman–Crippen LogP) is 2.18. The number of carbonyl (C=O) groups is 4. The fourth-order valence-corrected chi connectivity index (χ4v) is 5.91. The van der Waals surface area contributed by atoms with Crippen LogP contribution in [0, 0.1) is 0 Å². The number of aliphatic carboxylic acids is 1. The van der Waals surface area contributed by atoms with Gasteiger partial charge in [0.15, 0.2) is 6.04 Å². The minimum absolute atomic E-state index is 0. The number of unbranched alkanes of at least 4 members (excludes halogenated alkanes) is 5. The van der Waals surface area contributed by atoms with Crippen LogP contribution in [0.25, 0.3) is 0 Å². The van der Waals surface area contributed by atoms with Gasteiger partial charge < -0.3 is 40.4 Å². The third kappa shape index (κ3) is 16.4. The summed E-state index contributed by atoms with van der Waals surface area (Å²) in [6.07, 6.45) is 6.19. The van der Waals surface area contributed by atoms with Crippen molar-refractivity contribution in [2.75, 3.05) is 19.7 Å². The Morgan fingerprint density at radius 1 is 1.11 bits per heavy atom. The van der Waals surface area contributed by atoms with Crippen LogP contribution in [0.2, 0.25) is 0 Å². The number of para-hydroxylation sites is 1. The molecule has 2 aliphatic rings. The zero-order chi connectivity index (χ0) is 38.8. The first-order valence-corrected chi connectivity index (χ1v) is 18.3. The summed E-state index contributed by atoms with van der Waals surface area (Å²) in [5.74, 6) is -2.74. The van der Waals surface area contributed by atoms with Crippen LogP contribution in [0.4, 0.5) is 0 Å². The number of hydroxylamine groups is 4. The molecule has 1 aromatic rings. The summed E-state index contributed by atoms with van der Waals surface area (Å²) >= 11 is 0. The van der Waals surface area contributed by atoms with Gasteiger partial charge in [-0.25, -0.2) is 14.9 Å². The number of carboxylic acid groups (broad SMARTS) is 1. The van der Waals surface area contributed by atoms with Crippen LogP contribution in [-0.2, 0) is 45.7 Å². The first-order valence-electron chi connectivity index (χ1n) is 18.3. The number of ether oxygens (including phenoxy) is 2. The third-order valence-corrected chi connectivity index (χ3v) is 8.88. The summed E-state index contributed by atoms with van der Waals surface area (Å²) < 4.78 is 11.1. The van der Waals surface area contributed by atoms with Gasteiger partial charge >= 0.3 is 11.9 Å². The predicted molar refractivity (Wildman–Crippen MR) is 190 cm³/mol. The van der Waals surface area contributed by atoms with Gasteiger partial charge in [0.25, 0.3) is 5.91 Å². The van der Waals surface area contributed by atoms with E-state index < -0.39 is 60.4 Å². The Hall–Kier alpha value is -3.61. The second-order valence-electron chi connectivity index (χ2n) is 13.4. The van der Waals surface area contributed by atoms with Gasteiger partial charge in [-0.2, -0.15) is 5.06 Å². The number of amides is 2. The van der Waals surface area contributed by atoms with Gasteiger partial charge in [0.2, 0.25) is 11.8 Å². The molecule has 1 saturated heterocycles. The minimum atomic E-state index is -1.25. The van der Waals surface area contributed by atoms with Gasteiger partial charge in [-0.1, -0.05) is 31.1 Å². The van der Waals surface area contributed by atoms with Gasteiger partial charge in [0, 0.05) is 43.0 Å². The number of hydrogen-bond donors (Lipinski definition) is 8. The standard InChI is InChI=1S/C36H55N5O12.Fe/c1-24(22-30(43)37-26-15-10-13-21-41(51)35(26)48)53-36(49)27(38-33(47)28-23-52-34(39-28)25-14-8-9-17-29(25)42)16-11-12-20-40(50)31(44)18-6-4-2-3-5-7-19-32(45)46;/h6,8-9,14,17-18,24,26-28,30-31,37,42-44,50-51H,2-5,7,10-13,15-16,19-23H2,1H3,(H,38,47)(H,45,46);/b18-6-;/t24-,26-,27-,28-,30?,31?;/m0./s1. The number of aliphatic imine (C=N–C) groups is 1. The van der Waals surface area contributed by atoms with E-state index in [1.807, 2.05) is 0 Å². The normalized spacial score (nSPS) is 19.6. The maximum atomic E-state index is 13.4. The maximum absolute atomic E-state index is 13.4. The number of nitrogens with zero attached hydrogens (tertiary/aromatic N) is 3. The van der Waals surface area contributed by atoms with Crippen LogP contribution in [0.15, 0.2) is 41.4 Å². The van der Waals surface area contributed by atoms with Crippen molar-refractivity contribution in [2.24, 2.45) is 4.99 Å². The van der Waals surface area contributed by atoms with Crippen LogP contribution in [0.1, 0.15) is 96.0 Å². The molecule has 0 bridgehead atoms. The molecule has 6 atom stereocenters. The van der Waals surface area contributed by atoms with Crippen LogP contribution >= 0.6 is 0 Å².